The van der Waals surface area contributed by atoms with Gasteiger partial charge in [0.25, 0.3) is 0 Å². The molecule has 0 saturated heterocycles. The fraction of sp³-hybridized carbons (Fsp3) is 0.214. The molecule has 9 heteroatoms. The van der Waals surface area contributed by atoms with E-state index in [-0.39, 0.29) is 18.0 Å². The van der Waals surface area contributed by atoms with Crippen molar-refractivity contribution < 1.29 is 22.9 Å². The topological polar surface area (TPSA) is 98.1 Å². The summed E-state index contributed by atoms with van der Waals surface area (Å²) >= 11 is 0. The van der Waals surface area contributed by atoms with Crippen LogP contribution in [0.3, 0.4) is 0 Å². The van der Waals surface area contributed by atoms with E-state index in [0.29, 0.717) is 52.2 Å². The SMILES string of the molecule is CN(C)CCOC(=O)c1cccc(COc2ccc3c(=O)c(-c4ccc(NS(C)=O)cc4)coc3c2)c1. The minimum Gasteiger partial charge on any atom is -0.489 e. The zero-order valence-electron chi connectivity index (χ0n) is 20.9. The van der Waals surface area contributed by atoms with Crippen LogP contribution in [0.5, 0.6) is 5.75 Å². The maximum atomic E-state index is 13.1. The molecule has 0 amide bonds. The summed E-state index contributed by atoms with van der Waals surface area (Å²) in [7, 11) is 2.65. The Kier molecular flexibility index (Phi) is 8.37. The van der Waals surface area contributed by atoms with Crippen LogP contribution < -0.4 is 14.9 Å². The molecule has 3 aromatic carbocycles. The molecule has 0 fully saturated rings. The lowest BCUT2D eigenvalue weighted by Crippen LogP contribution is -2.20. The number of fused-ring (bicyclic) bond motifs is 1. The second kappa shape index (κ2) is 11.9. The molecule has 0 radical (unpaired) electrons. The predicted octanol–water partition coefficient (Wildman–Crippen LogP) is 4.46. The lowest BCUT2D eigenvalue weighted by atomic mass is 10.1. The van der Waals surface area contributed by atoms with Crippen molar-refractivity contribution in [2.24, 2.45) is 0 Å². The third-order valence-corrected chi connectivity index (χ3v) is 6.07. The van der Waals surface area contributed by atoms with Gasteiger partial charge in [0.2, 0.25) is 0 Å². The Morgan fingerprint density at radius 1 is 1.05 bits per heavy atom. The minimum atomic E-state index is -1.18. The van der Waals surface area contributed by atoms with Gasteiger partial charge in [0.05, 0.1) is 16.5 Å². The molecular weight excluding hydrogens is 492 g/mol. The van der Waals surface area contributed by atoms with E-state index in [9.17, 15) is 13.8 Å². The Bertz CT molecular complexity index is 1480. The van der Waals surface area contributed by atoms with Gasteiger partial charge >= 0.3 is 5.97 Å². The molecule has 8 nitrogen and oxygen atoms in total. The van der Waals surface area contributed by atoms with Crippen molar-refractivity contribution in [3.63, 3.8) is 0 Å². The Morgan fingerprint density at radius 2 is 1.84 bits per heavy atom. The van der Waals surface area contributed by atoms with E-state index < -0.39 is 11.0 Å². The van der Waals surface area contributed by atoms with Gasteiger partial charge in [0, 0.05) is 24.6 Å². The number of benzene rings is 3. The van der Waals surface area contributed by atoms with Crippen molar-refractivity contribution >= 4 is 33.6 Å². The van der Waals surface area contributed by atoms with Crippen LogP contribution in [0.2, 0.25) is 0 Å². The normalized spacial score (nSPS) is 11.9. The van der Waals surface area contributed by atoms with Gasteiger partial charge in [-0.15, -0.1) is 0 Å². The third kappa shape index (κ3) is 6.84. The Morgan fingerprint density at radius 3 is 2.57 bits per heavy atom. The summed E-state index contributed by atoms with van der Waals surface area (Å²) in [5.74, 6) is 0.156. The van der Waals surface area contributed by atoms with Gasteiger partial charge in [-0.05, 0) is 61.6 Å². The van der Waals surface area contributed by atoms with Crippen LogP contribution in [0.1, 0.15) is 15.9 Å². The van der Waals surface area contributed by atoms with E-state index in [1.165, 1.54) is 6.26 Å². The Labute approximate surface area is 217 Å². The second-order valence-corrected chi connectivity index (χ2v) is 9.81. The molecule has 1 N–H and O–H groups in total. The maximum absolute atomic E-state index is 13.1. The Hall–Kier alpha value is -3.95. The number of nitrogens with zero attached hydrogens (tertiary/aromatic N) is 1. The first-order valence-electron chi connectivity index (χ1n) is 11.6. The predicted molar refractivity (Wildman–Crippen MR) is 145 cm³/mol. The van der Waals surface area contributed by atoms with Gasteiger partial charge in [-0.25, -0.2) is 9.00 Å². The fourth-order valence-corrected chi connectivity index (χ4v) is 4.11. The molecule has 1 aromatic heterocycles. The van der Waals surface area contributed by atoms with E-state index in [0.717, 1.165) is 5.56 Å². The number of nitrogens with one attached hydrogen (secondary N) is 1. The van der Waals surface area contributed by atoms with E-state index in [1.54, 1.807) is 66.9 Å². The second-order valence-electron chi connectivity index (χ2n) is 8.70. The van der Waals surface area contributed by atoms with Crippen molar-refractivity contribution in [2.75, 3.05) is 38.2 Å². The van der Waals surface area contributed by atoms with Crippen molar-refractivity contribution in [3.05, 3.63) is 94.3 Å². The van der Waals surface area contributed by atoms with Gasteiger partial charge in [0.1, 0.15) is 41.8 Å². The molecule has 0 bridgehead atoms. The molecule has 1 heterocycles. The maximum Gasteiger partial charge on any atom is 0.338 e. The van der Waals surface area contributed by atoms with Gasteiger partial charge in [-0.3, -0.25) is 4.79 Å². The number of anilines is 1. The van der Waals surface area contributed by atoms with E-state index in [1.807, 2.05) is 25.1 Å². The highest BCUT2D eigenvalue weighted by Crippen LogP contribution is 2.25. The van der Waals surface area contributed by atoms with Crippen molar-refractivity contribution in [1.29, 1.82) is 0 Å². The highest BCUT2D eigenvalue weighted by Gasteiger charge is 2.12. The number of esters is 1. The summed E-state index contributed by atoms with van der Waals surface area (Å²) < 4.78 is 31.1. The summed E-state index contributed by atoms with van der Waals surface area (Å²) in [5, 5.41) is 0.434. The van der Waals surface area contributed by atoms with Crippen LogP contribution in [0, 0.1) is 0 Å². The van der Waals surface area contributed by atoms with Crippen molar-refractivity contribution in [2.45, 2.75) is 6.61 Å². The van der Waals surface area contributed by atoms with Gasteiger partial charge in [0.15, 0.2) is 5.43 Å². The molecule has 0 aliphatic heterocycles. The number of hydrogen-bond acceptors (Lipinski definition) is 7. The molecule has 4 aromatic rings. The largest absolute Gasteiger partial charge is 0.489 e. The smallest absolute Gasteiger partial charge is 0.338 e. The van der Waals surface area contributed by atoms with Crippen LogP contribution >= 0.6 is 0 Å². The molecule has 1 unspecified atom stereocenters. The highest BCUT2D eigenvalue weighted by molar-refractivity contribution is 7.85. The Balaban J connectivity index is 1.45. The van der Waals surface area contributed by atoms with Crippen LogP contribution in [-0.4, -0.2) is 48.6 Å². The monoisotopic (exact) mass is 520 g/mol. The molecular formula is C28H28N2O6S. The highest BCUT2D eigenvalue weighted by atomic mass is 32.2. The number of carbonyl (C=O) groups is 1. The first kappa shape index (κ1) is 26.1. The third-order valence-electron chi connectivity index (χ3n) is 5.54. The minimum absolute atomic E-state index is 0.159. The van der Waals surface area contributed by atoms with E-state index in [4.69, 9.17) is 13.9 Å². The van der Waals surface area contributed by atoms with Crippen LogP contribution in [0.4, 0.5) is 5.69 Å². The van der Waals surface area contributed by atoms with E-state index in [2.05, 4.69) is 4.72 Å². The van der Waals surface area contributed by atoms with Crippen LogP contribution in [0.15, 0.2) is 82.2 Å². The number of ether oxygens (including phenoxy) is 2. The average Bonchev–Trinajstić information content (AvgIpc) is 2.88. The van der Waals surface area contributed by atoms with E-state index >= 15 is 0 Å². The summed E-state index contributed by atoms with van der Waals surface area (Å²) in [6.07, 6.45) is 2.98. The molecule has 1 atom stereocenters. The lowest BCUT2D eigenvalue weighted by Gasteiger charge is -2.11. The molecule has 4 rings (SSSR count). The zero-order valence-corrected chi connectivity index (χ0v) is 21.7. The van der Waals surface area contributed by atoms with Gasteiger partial charge < -0.3 is 23.5 Å². The number of carbonyl (C=O) groups excluding carboxylic acids is 1. The number of rotatable bonds is 10. The molecule has 0 spiro atoms. The van der Waals surface area contributed by atoms with Gasteiger partial charge in [-0.2, -0.15) is 0 Å². The van der Waals surface area contributed by atoms with Crippen LogP contribution in [0.25, 0.3) is 22.1 Å². The van der Waals surface area contributed by atoms with Crippen LogP contribution in [-0.2, 0) is 22.3 Å². The van der Waals surface area contributed by atoms with Crippen molar-refractivity contribution in [1.82, 2.24) is 4.90 Å². The molecule has 192 valence electrons. The molecule has 0 aliphatic carbocycles. The first-order valence-corrected chi connectivity index (χ1v) is 13.2. The standard InChI is InChI=1S/C28H28N2O6S/c1-30(2)13-14-34-28(32)21-6-4-5-19(15-21)17-35-23-11-12-24-26(16-23)36-18-25(27(24)31)20-7-9-22(10-8-20)29-37(3)33/h4-12,15-16,18,29H,13-14,17H2,1-3H3. The lowest BCUT2D eigenvalue weighted by molar-refractivity contribution is 0.0481. The average molecular weight is 521 g/mol. The number of hydrogen-bond donors (Lipinski definition) is 1. The number of likely N-dealkylation sites (N-methyl/N-ethyl adjacent to an activating group) is 1. The summed E-state index contributed by atoms with van der Waals surface area (Å²) in [6, 6.07) is 19.2. The fourth-order valence-electron chi connectivity index (χ4n) is 3.64. The first-order chi connectivity index (χ1) is 17.8. The summed E-state index contributed by atoms with van der Waals surface area (Å²) in [5.41, 5.74) is 3.34. The molecule has 37 heavy (non-hydrogen) atoms. The molecule has 0 saturated carbocycles. The zero-order chi connectivity index (χ0) is 26.4. The van der Waals surface area contributed by atoms with Crippen molar-refractivity contribution in [3.8, 4) is 16.9 Å². The summed E-state index contributed by atoms with van der Waals surface area (Å²) in [6.45, 7) is 1.20. The summed E-state index contributed by atoms with van der Waals surface area (Å²) in [4.78, 5) is 27.3. The van der Waals surface area contributed by atoms with Gasteiger partial charge in [-0.1, -0.05) is 24.3 Å². The molecule has 0 aliphatic rings. The quantitative estimate of drug-likeness (QED) is 0.308.